The third-order valence-electron chi connectivity index (χ3n) is 3.01. The molecule has 0 spiro atoms. The van der Waals surface area contributed by atoms with Gasteiger partial charge in [0.15, 0.2) is 0 Å². The number of anilines is 1. The molecule has 0 aliphatic rings. The molecule has 0 aromatic heterocycles. The van der Waals surface area contributed by atoms with Crippen molar-refractivity contribution in [2.45, 2.75) is 19.5 Å². The molecule has 0 aliphatic heterocycles. The lowest BCUT2D eigenvalue weighted by Crippen LogP contribution is -2.33. The minimum Gasteiger partial charge on any atom is -0.383 e. The van der Waals surface area contributed by atoms with Crippen LogP contribution in [0, 0.1) is 11.3 Å². The maximum Gasteiger partial charge on any atom is 0.101 e. The van der Waals surface area contributed by atoms with Crippen LogP contribution in [0.3, 0.4) is 0 Å². The number of likely N-dealkylation sites (N-methyl/N-ethyl adjacent to an activating group) is 1. The second-order valence-corrected chi connectivity index (χ2v) is 4.41. The Labute approximate surface area is 109 Å². The fraction of sp³-hybridized carbons (Fsp3) is 0.500. The Balaban J connectivity index is 2.98. The highest BCUT2D eigenvalue weighted by atomic mass is 16.5. The second kappa shape index (κ2) is 7.00. The average Bonchev–Trinajstić information content (AvgIpc) is 2.38. The SMILES string of the molecule is CNCc1ccc(N(C)C(C)COC)c(C#N)c1. The van der Waals surface area contributed by atoms with Gasteiger partial charge in [0.05, 0.1) is 17.9 Å². The van der Waals surface area contributed by atoms with Gasteiger partial charge in [-0.3, -0.25) is 0 Å². The van der Waals surface area contributed by atoms with Crippen LogP contribution in [0.15, 0.2) is 18.2 Å². The number of nitrogens with zero attached hydrogens (tertiary/aromatic N) is 2. The van der Waals surface area contributed by atoms with Gasteiger partial charge in [-0.1, -0.05) is 6.07 Å². The summed E-state index contributed by atoms with van der Waals surface area (Å²) in [6, 6.07) is 8.47. The van der Waals surface area contributed by atoms with Gasteiger partial charge in [0.25, 0.3) is 0 Å². The molecule has 0 fully saturated rings. The molecule has 1 aromatic carbocycles. The highest BCUT2D eigenvalue weighted by molar-refractivity contribution is 5.60. The minimum absolute atomic E-state index is 0.234. The number of benzene rings is 1. The van der Waals surface area contributed by atoms with Crippen molar-refractivity contribution < 1.29 is 4.74 Å². The minimum atomic E-state index is 0.234. The predicted octanol–water partition coefficient (Wildman–Crippen LogP) is 1.75. The third-order valence-corrected chi connectivity index (χ3v) is 3.01. The number of ether oxygens (including phenoxy) is 1. The Morgan fingerprint density at radius 3 is 2.78 bits per heavy atom. The first-order valence-corrected chi connectivity index (χ1v) is 6.03. The molecule has 0 heterocycles. The monoisotopic (exact) mass is 247 g/mol. The van der Waals surface area contributed by atoms with Gasteiger partial charge in [-0.25, -0.2) is 0 Å². The smallest absolute Gasteiger partial charge is 0.101 e. The van der Waals surface area contributed by atoms with E-state index in [4.69, 9.17) is 4.74 Å². The highest BCUT2D eigenvalue weighted by Crippen LogP contribution is 2.22. The summed E-state index contributed by atoms with van der Waals surface area (Å²) >= 11 is 0. The van der Waals surface area contributed by atoms with Crippen LogP contribution in [0.1, 0.15) is 18.1 Å². The molecule has 0 radical (unpaired) electrons. The van der Waals surface area contributed by atoms with Crippen LogP contribution in [-0.4, -0.2) is 33.9 Å². The van der Waals surface area contributed by atoms with Gasteiger partial charge in [0.2, 0.25) is 0 Å². The van der Waals surface area contributed by atoms with Crippen molar-refractivity contribution in [1.29, 1.82) is 5.26 Å². The average molecular weight is 247 g/mol. The van der Waals surface area contributed by atoms with Crippen molar-refractivity contribution in [3.63, 3.8) is 0 Å². The summed E-state index contributed by atoms with van der Waals surface area (Å²) in [6.07, 6.45) is 0. The normalized spacial score (nSPS) is 11.9. The van der Waals surface area contributed by atoms with Crippen molar-refractivity contribution in [2.75, 3.05) is 32.7 Å². The predicted molar refractivity (Wildman–Crippen MR) is 73.7 cm³/mol. The van der Waals surface area contributed by atoms with Crippen molar-refractivity contribution in [2.24, 2.45) is 0 Å². The van der Waals surface area contributed by atoms with Crippen molar-refractivity contribution in [3.05, 3.63) is 29.3 Å². The largest absolute Gasteiger partial charge is 0.383 e. The molecule has 0 bridgehead atoms. The summed E-state index contributed by atoms with van der Waals surface area (Å²) in [7, 11) is 5.57. The zero-order chi connectivity index (χ0) is 13.5. The summed E-state index contributed by atoms with van der Waals surface area (Å²) in [4.78, 5) is 2.07. The molecule has 98 valence electrons. The van der Waals surface area contributed by atoms with Crippen LogP contribution in [-0.2, 0) is 11.3 Å². The molecule has 0 saturated heterocycles. The summed E-state index contributed by atoms with van der Waals surface area (Å²) in [5.41, 5.74) is 2.76. The quantitative estimate of drug-likeness (QED) is 0.832. The molecule has 0 amide bonds. The first-order chi connectivity index (χ1) is 8.63. The molecule has 1 atom stereocenters. The molecule has 18 heavy (non-hydrogen) atoms. The fourth-order valence-corrected chi connectivity index (χ4v) is 1.88. The number of hydrogen-bond acceptors (Lipinski definition) is 4. The van der Waals surface area contributed by atoms with E-state index in [1.54, 1.807) is 7.11 Å². The van der Waals surface area contributed by atoms with E-state index in [0.29, 0.717) is 12.2 Å². The Kier molecular flexibility index (Phi) is 5.63. The lowest BCUT2D eigenvalue weighted by molar-refractivity contribution is 0.183. The molecule has 1 N–H and O–H groups in total. The summed E-state index contributed by atoms with van der Waals surface area (Å²) in [5.74, 6) is 0. The van der Waals surface area contributed by atoms with Crippen LogP contribution in [0.5, 0.6) is 0 Å². The molecule has 4 heteroatoms. The van der Waals surface area contributed by atoms with Crippen LogP contribution < -0.4 is 10.2 Å². The lowest BCUT2D eigenvalue weighted by Gasteiger charge is -2.27. The van der Waals surface area contributed by atoms with E-state index in [-0.39, 0.29) is 6.04 Å². The fourth-order valence-electron chi connectivity index (χ4n) is 1.88. The molecular weight excluding hydrogens is 226 g/mol. The van der Waals surface area contributed by atoms with E-state index in [2.05, 4.69) is 23.2 Å². The van der Waals surface area contributed by atoms with Gasteiger partial charge >= 0.3 is 0 Å². The van der Waals surface area contributed by atoms with Crippen molar-refractivity contribution in [1.82, 2.24) is 5.32 Å². The molecule has 0 aliphatic carbocycles. The summed E-state index contributed by atoms with van der Waals surface area (Å²) in [6.45, 7) is 3.48. The van der Waals surface area contributed by atoms with Gasteiger partial charge in [-0.15, -0.1) is 0 Å². The topological polar surface area (TPSA) is 48.3 Å². The zero-order valence-electron chi connectivity index (χ0n) is 11.5. The summed E-state index contributed by atoms with van der Waals surface area (Å²) in [5, 5.41) is 12.3. The standard InChI is InChI=1S/C14H21N3O/c1-11(10-18-4)17(3)14-6-5-12(9-16-2)7-13(14)8-15/h5-7,11,16H,9-10H2,1-4H3. The van der Waals surface area contributed by atoms with Gasteiger partial charge in [-0.05, 0) is 31.7 Å². The second-order valence-electron chi connectivity index (χ2n) is 4.41. The Morgan fingerprint density at radius 1 is 1.50 bits per heavy atom. The number of nitriles is 1. The highest BCUT2D eigenvalue weighted by Gasteiger charge is 2.13. The maximum atomic E-state index is 9.24. The number of nitrogens with one attached hydrogen (secondary N) is 1. The van der Waals surface area contributed by atoms with E-state index in [9.17, 15) is 5.26 Å². The zero-order valence-corrected chi connectivity index (χ0v) is 11.5. The van der Waals surface area contributed by atoms with Gasteiger partial charge in [0, 0.05) is 26.7 Å². The number of rotatable bonds is 6. The van der Waals surface area contributed by atoms with Crippen molar-refractivity contribution >= 4 is 5.69 Å². The molecule has 1 aromatic rings. The first-order valence-electron chi connectivity index (χ1n) is 6.03. The number of methoxy groups -OCH3 is 1. The third kappa shape index (κ3) is 3.46. The van der Waals surface area contributed by atoms with Crippen LogP contribution in [0.25, 0.3) is 0 Å². The van der Waals surface area contributed by atoms with E-state index in [0.717, 1.165) is 17.8 Å². The van der Waals surface area contributed by atoms with Gasteiger partial charge < -0.3 is 15.0 Å². The maximum absolute atomic E-state index is 9.24. The molecule has 4 nitrogen and oxygen atoms in total. The van der Waals surface area contributed by atoms with E-state index in [1.807, 2.05) is 32.3 Å². The van der Waals surface area contributed by atoms with Crippen LogP contribution in [0.4, 0.5) is 5.69 Å². The Morgan fingerprint density at radius 2 is 2.22 bits per heavy atom. The van der Waals surface area contributed by atoms with Crippen LogP contribution in [0.2, 0.25) is 0 Å². The molecular formula is C14H21N3O. The molecule has 1 unspecified atom stereocenters. The molecule has 1 rings (SSSR count). The van der Waals surface area contributed by atoms with Gasteiger partial charge in [-0.2, -0.15) is 5.26 Å². The summed E-state index contributed by atoms with van der Waals surface area (Å²) < 4.78 is 5.15. The van der Waals surface area contributed by atoms with Crippen molar-refractivity contribution in [3.8, 4) is 6.07 Å². The lowest BCUT2D eigenvalue weighted by atomic mass is 10.1. The first kappa shape index (κ1) is 14.5. The molecule has 0 saturated carbocycles. The van der Waals surface area contributed by atoms with Gasteiger partial charge in [0.1, 0.15) is 6.07 Å². The Bertz CT molecular complexity index is 426. The Hall–Kier alpha value is -1.57. The number of hydrogen-bond donors (Lipinski definition) is 1. The van der Waals surface area contributed by atoms with E-state index < -0.39 is 0 Å². The van der Waals surface area contributed by atoms with E-state index >= 15 is 0 Å². The van der Waals surface area contributed by atoms with E-state index in [1.165, 1.54) is 0 Å². The van der Waals surface area contributed by atoms with Crippen LogP contribution >= 0.6 is 0 Å².